The van der Waals surface area contributed by atoms with Crippen LogP contribution in [0.15, 0.2) is 18.2 Å². The summed E-state index contributed by atoms with van der Waals surface area (Å²) in [5.41, 5.74) is 1.39. The van der Waals surface area contributed by atoms with Crippen molar-refractivity contribution in [1.82, 2.24) is 15.2 Å². The van der Waals surface area contributed by atoms with Crippen LogP contribution in [-0.4, -0.2) is 21.1 Å². The van der Waals surface area contributed by atoms with Crippen LogP contribution in [0.3, 0.4) is 0 Å². The van der Waals surface area contributed by atoms with Gasteiger partial charge < -0.3 is 5.32 Å². The number of carbonyl (C=O) groups excluding carboxylic acids is 1. The Labute approximate surface area is 122 Å². The Hall–Kier alpha value is -1.88. The molecule has 0 unspecified atom stereocenters. The van der Waals surface area contributed by atoms with Gasteiger partial charge in [0.15, 0.2) is 0 Å². The second kappa shape index (κ2) is 5.25. The van der Waals surface area contributed by atoms with Crippen LogP contribution in [0.1, 0.15) is 42.8 Å². The van der Waals surface area contributed by atoms with Crippen molar-refractivity contribution in [3.8, 4) is 0 Å². The van der Waals surface area contributed by atoms with E-state index in [1.807, 2.05) is 33.8 Å². The lowest BCUT2D eigenvalue weighted by Gasteiger charge is -2.12. The minimum atomic E-state index is -0.387. The highest BCUT2D eigenvalue weighted by atomic mass is 35.5. The van der Waals surface area contributed by atoms with Crippen LogP contribution >= 0.6 is 11.6 Å². The maximum Gasteiger partial charge on any atom is 0.295 e. The molecule has 0 saturated carbocycles. The van der Waals surface area contributed by atoms with Crippen LogP contribution in [0, 0.1) is 6.92 Å². The Kier molecular flexibility index (Phi) is 3.81. The van der Waals surface area contributed by atoms with Gasteiger partial charge in [0.1, 0.15) is 5.82 Å². The van der Waals surface area contributed by atoms with Gasteiger partial charge in [0.05, 0.1) is 10.7 Å². The molecule has 0 fully saturated rings. The molecule has 0 spiro atoms. The molecule has 106 valence electrons. The number of hydrogen-bond acceptors (Lipinski definition) is 3. The lowest BCUT2D eigenvalue weighted by atomic mass is 9.96. The molecule has 20 heavy (non-hydrogen) atoms. The summed E-state index contributed by atoms with van der Waals surface area (Å²) >= 11 is 6.08. The van der Waals surface area contributed by atoms with E-state index in [9.17, 15) is 4.79 Å². The topological polar surface area (TPSA) is 70.7 Å². The van der Waals surface area contributed by atoms with Crippen LogP contribution in [0.5, 0.6) is 0 Å². The van der Waals surface area contributed by atoms with E-state index in [0.717, 1.165) is 5.56 Å². The molecule has 0 bridgehead atoms. The van der Waals surface area contributed by atoms with E-state index in [0.29, 0.717) is 16.5 Å². The monoisotopic (exact) mass is 292 g/mol. The van der Waals surface area contributed by atoms with Crippen LogP contribution in [0.25, 0.3) is 0 Å². The largest absolute Gasteiger partial charge is 0.318 e. The fraction of sp³-hybridized carbons (Fsp3) is 0.357. The number of hydrogen-bond donors (Lipinski definition) is 2. The molecule has 0 aliphatic rings. The minimum Gasteiger partial charge on any atom is -0.318 e. The highest BCUT2D eigenvalue weighted by Gasteiger charge is 2.21. The molecule has 1 aromatic heterocycles. The average molecular weight is 293 g/mol. The van der Waals surface area contributed by atoms with Gasteiger partial charge in [-0.3, -0.25) is 9.89 Å². The van der Waals surface area contributed by atoms with Crippen LogP contribution in [-0.2, 0) is 5.41 Å². The highest BCUT2D eigenvalue weighted by molar-refractivity contribution is 6.33. The zero-order valence-electron chi connectivity index (χ0n) is 11.9. The first-order chi connectivity index (χ1) is 9.27. The first-order valence-electron chi connectivity index (χ1n) is 6.28. The molecular formula is C14H17ClN4O. The van der Waals surface area contributed by atoms with Crippen molar-refractivity contribution in [3.05, 3.63) is 40.4 Å². The number of carbonyl (C=O) groups is 1. The Morgan fingerprint density at radius 1 is 1.35 bits per heavy atom. The van der Waals surface area contributed by atoms with Crippen LogP contribution in [0.2, 0.25) is 5.02 Å². The number of halogens is 1. The number of anilines is 1. The quantitative estimate of drug-likeness (QED) is 0.892. The number of benzene rings is 1. The Morgan fingerprint density at radius 3 is 2.60 bits per heavy atom. The van der Waals surface area contributed by atoms with E-state index in [1.165, 1.54) is 0 Å². The number of rotatable bonds is 2. The molecule has 0 atom stereocenters. The van der Waals surface area contributed by atoms with E-state index in [4.69, 9.17) is 11.6 Å². The number of nitrogens with zero attached hydrogens (tertiary/aromatic N) is 2. The predicted molar refractivity (Wildman–Crippen MR) is 79.2 cm³/mol. The lowest BCUT2D eigenvalue weighted by Crippen LogP contribution is -2.16. The minimum absolute atomic E-state index is 0.103. The molecule has 0 aliphatic carbocycles. The smallest absolute Gasteiger partial charge is 0.295 e. The van der Waals surface area contributed by atoms with Gasteiger partial charge in [0.2, 0.25) is 5.82 Å². The maximum atomic E-state index is 12.1. The van der Waals surface area contributed by atoms with E-state index in [2.05, 4.69) is 20.5 Å². The lowest BCUT2D eigenvalue weighted by molar-refractivity contribution is 0.101. The van der Waals surface area contributed by atoms with Gasteiger partial charge in [-0.25, -0.2) is 4.98 Å². The molecule has 1 aromatic carbocycles. The zero-order valence-corrected chi connectivity index (χ0v) is 12.7. The van der Waals surface area contributed by atoms with Crippen LogP contribution < -0.4 is 5.32 Å². The number of aryl methyl sites for hydroxylation is 1. The summed E-state index contributed by atoms with van der Waals surface area (Å²) in [6.45, 7) is 7.91. The molecular weight excluding hydrogens is 276 g/mol. The van der Waals surface area contributed by atoms with Gasteiger partial charge in [0, 0.05) is 5.41 Å². The first-order valence-corrected chi connectivity index (χ1v) is 6.65. The zero-order chi connectivity index (χ0) is 14.9. The fourth-order valence-corrected chi connectivity index (χ4v) is 1.88. The number of H-pyrrole nitrogens is 1. The molecule has 2 N–H and O–H groups in total. The summed E-state index contributed by atoms with van der Waals surface area (Å²) in [5.74, 6) is 0.381. The molecule has 2 rings (SSSR count). The maximum absolute atomic E-state index is 12.1. The second-order valence-electron chi connectivity index (χ2n) is 5.70. The van der Waals surface area contributed by atoms with Gasteiger partial charge in [0.25, 0.3) is 5.91 Å². The number of nitrogens with one attached hydrogen (secondary N) is 2. The molecule has 0 saturated heterocycles. The van der Waals surface area contributed by atoms with Crippen molar-refractivity contribution in [3.63, 3.8) is 0 Å². The average Bonchev–Trinajstić information content (AvgIpc) is 2.82. The third kappa shape index (κ3) is 3.17. The van der Waals surface area contributed by atoms with Gasteiger partial charge in [-0.1, -0.05) is 38.4 Å². The molecule has 1 amide bonds. The van der Waals surface area contributed by atoms with Gasteiger partial charge >= 0.3 is 0 Å². The van der Waals surface area contributed by atoms with Crippen molar-refractivity contribution < 1.29 is 4.79 Å². The standard InChI is InChI=1S/C14H17ClN4O/c1-8-5-6-10(9(15)7-8)16-12(20)11-17-13(19-18-11)14(2,3)4/h5-7H,1-4H3,(H,16,20)(H,17,18,19). The van der Waals surface area contributed by atoms with Gasteiger partial charge in [-0.05, 0) is 24.6 Å². The first kappa shape index (κ1) is 14.5. The van der Waals surface area contributed by atoms with Crippen molar-refractivity contribution in [2.24, 2.45) is 0 Å². The van der Waals surface area contributed by atoms with E-state index < -0.39 is 0 Å². The number of aromatic nitrogens is 3. The molecule has 0 aliphatic heterocycles. The summed E-state index contributed by atoms with van der Waals surface area (Å²) in [5, 5.41) is 9.91. The molecule has 0 radical (unpaired) electrons. The van der Waals surface area contributed by atoms with Crippen molar-refractivity contribution in [2.45, 2.75) is 33.1 Å². The van der Waals surface area contributed by atoms with Crippen molar-refractivity contribution >= 4 is 23.2 Å². The molecule has 2 aromatic rings. The Balaban J connectivity index is 2.18. The predicted octanol–water partition coefficient (Wildman–Crippen LogP) is 3.32. The molecule has 1 heterocycles. The third-order valence-electron chi connectivity index (χ3n) is 2.77. The fourth-order valence-electron chi connectivity index (χ4n) is 1.60. The number of aromatic amines is 1. The Morgan fingerprint density at radius 2 is 2.05 bits per heavy atom. The number of amides is 1. The second-order valence-corrected chi connectivity index (χ2v) is 6.10. The normalized spacial score (nSPS) is 11.4. The van der Waals surface area contributed by atoms with Gasteiger partial charge in [-0.15, -0.1) is 5.10 Å². The summed E-state index contributed by atoms with van der Waals surface area (Å²) in [6, 6.07) is 5.42. The van der Waals surface area contributed by atoms with Crippen molar-refractivity contribution in [1.29, 1.82) is 0 Å². The summed E-state index contributed by atoms with van der Waals surface area (Å²) < 4.78 is 0. The summed E-state index contributed by atoms with van der Waals surface area (Å²) in [7, 11) is 0. The summed E-state index contributed by atoms with van der Waals surface area (Å²) in [6.07, 6.45) is 0. The summed E-state index contributed by atoms with van der Waals surface area (Å²) in [4.78, 5) is 16.3. The molecule has 5 nitrogen and oxygen atoms in total. The van der Waals surface area contributed by atoms with E-state index in [-0.39, 0.29) is 17.1 Å². The van der Waals surface area contributed by atoms with Crippen LogP contribution in [0.4, 0.5) is 5.69 Å². The Bertz CT molecular complexity index is 643. The van der Waals surface area contributed by atoms with Crippen molar-refractivity contribution in [2.75, 3.05) is 5.32 Å². The molecule has 6 heteroatoms. The third-order valence-corrected chi connectivity index (χ3v) is 3.08. The van der Waals surface area contributed by atoms with Gasteiger partial charge in [-0.2, -0.15) is 0 Å². The van der Waals surface area contributed by atoms with E-state index >= 15 is 0 Å². The SMILES string of the molecule is Cc1ccc(NC(=O)c2n[nH]c(C(C)(C)C)n2)c(Cl)c1. The highest BCUT2D eigenvalue weighted by Crippen LogP contribution is 2.23. The van der Waals surface area contributed by atoms with E-state index in [1.54, 1.807) is 12.1 Å².